The van der Waals surface area contributed by atoms with Gasteiger partial charge in [-0.25, -0.2) is 4.79 Å². The van der Waals surface area contributed by atoms with E-state index in [1.165, 1.54) is 0 Å². The summed E-state index contributed by atoms with van der Waals surface area (Å²) in [7, 11) is 0. The van der Waals surface area contributed by atoms with E-state index >= 15 is 0 Å². The van der Waals surface area contributed by atoms with Crippen molar-refractivity contribution in [1.29, 1.82) is 0 Å². The van der Waals surface area contributed by atoms with E-state index < -0.39 is 60.2 Å². The van der Waals surface area contributed by atoms with Crippen LogP contribution in [0.1, 0.15) is 51.5 Å². The molecule has 0 radical (unpaired) electrons. The summed E-state index contributed by atoms with van der Waals surface area (Å²) in [5, 5.41) is 26.2. The number of benzene rings is 1. The lowest BCUT2D eigenvalue weighted by Gasteiger charge is -2.26. The standard InChI is InChI=1S/C25H39N5O7/c1-3-15(2)21(25(36)37)30-24(35)18(13-16-9-5-4-6-10-16)29-23(34)19(14-20(31)32)28-22(33)17(27)11-7-8-12-26/h4-6,9-10,15,17-19,21H,3,7-8,11-14,26-27H2,1-2H3,(H,28,33)(H,29,34)(H,30,35)(H,31,32)(H,36,37). The van der Waals surface area contributed by atoms with Crippen LogP contribution in [0.5, 0.6) is 0 Å². The molecule has 1 aromatic rings. The van der Waals surface area contributed by atoms with Gasteiger partial charge in [0.15, 0.2) is 0 Å². The van der Waals surface area contributed by atoms with Crippen molar-refractivity contribution in [2.45, 2.75) is 76.5 Å². The van der Waals surface area contributed by atoms with Gasteiger partial charge >= 0.3 is 11.9 Å². The molecule has 0 aliphatic carbocycles. The number of rotatable bonds is 17. The molecule has 3 amide bonds. The van der Waals surface area contributed by atoms with Gasteiger partial charge in [-0.2, -0.15) is 0 Å². The zero-order chi connectivity index (χ0) is 28.0. The average molecular weight is 522 g/mol. The van der Waals surface area contributed by atoms with Crippen molar-refractivity contribution in [3.05, 3.63) is 35.9 Å². The van der Waals surface area contributed by atoms with E-state index in [9.17, 15) is 34.2 Å². The normalized spacial score (nSPS) is 14.9. The lowest BCUT2D eigenvalue weighted by atomic mass is 9.98. The summed E-state index contributed by atoms with van der Waals surface area (Å²) >= 11 is 0. The first-order valence-corrected chi connectivity index (χ1v) is 12.3. The van der Waals surface area contributed by atoms with Crippen LogP contribution in [0.3, 0.4) is 0 Å². The first kappa shape index (κ1) is 31.5. The van der Waals surface area contributed by atoms with E-state index in [1.54, 1.807) is 44.2 Å². The van der Waals surface area contributed by atoms with E-state index in [1.807, 2.05) is 0 Å². The second kappa shape index (κ2) is 16.3. The smallest absolute Gasteiger partial charge is 0.326 e. The van der Waals surface area contributed by atoms with E-state index in [4.69, 9.17) is 11.5 Å². The highest BCUT2D eigenvalue weighted by Crippen LogP contribution is 2.10. The van der Waals surface area contributed by atoms with Crippen molar-refractivity contribution in [2.24, 2.45) is 17.4 Å². The molecule has 0 bridgehead atoms. The van der Waals surface area contributed by atoms with Crippen molar-refractivity contribution < 1.29 is 34.2 Å². The minimum absolute atomic E-state index is 0.0115. The second-order valence-corrected chi connectivity index (χ2v) is 9.01. The van der Waals surface area contributed by atoms with Gasteiger partial charge in [-0.15, -0.1) is 0 Å². The molecule has 0 saturated carbocycles. The molecule has 12 heteroatoms. The summed E-state index contributed by atoms with van der Waals surface area (Å²) in [6.07, 6.45) is 1.31. The average Bonchev–Trinajstić information content (AvgIpc) is 2.85. The summed E-state index contributed by atoms with van der Waals surface area (Å²) < 4.78 is 0. The first-order valence-electron chi connectivity index (χ1n) is 12.3. The number of nitrogens with two attached hydrogens (primary N) is 2. The quantitative estimate of drug-likeness (QED) is 0.134. The Morgan fingerprint density at radius 3 is 2.03 bits per heavy atom. The van der Waals surface area contributed by atoms with Crippen LogP contribution in [0.4, 0.5) is 0 Å². The van der Waals surface area contributed by atoms with Crippen LogP contribution in [0.15, 0.2) is 30.3 Å². The number of carbonyl (C=O) groups is 5. The van der Waals surface area contributed by atoms with Crippen LogP contribution < -0.4 is 27.4 Å². The molecule has 1 rings (SSSR count). The summed E-state index contributed by atoms with van der Waals surface area (Å²) in [6.45, 7) is 3.90. The molecule has 0 spiro atoms. The highest BCUT2D eigenvalue weighted by atomic mass is 16.4. The molecule has 5 unspecified atom stereocenters. The maximum Gasteiger partial charge on any atom is 0.326 e. The number of aliphatic carboxylic acids is 2. The molecule has 0 aromatic heterocycles. The van der Waals surface area contributed by atoms with Gasteiger partial charge < -0.3 is 37.6 Å². The number of carboxylic acid groups (broad SMARTS) is 2. The maximum atomic E-state index is 13.1. The van der Waals surface area contributed by atoms with Gasteiger partial charge in [-0.3, -0.25) is 19.2 Å². The van der Waals surface area contributed by atoms with Crippen LogP contribution >= 0.6 is 0 Å². The Balaban J connectivity index is 3.10. The zero-order valence-electron chi connectivity index (χ0n) is 21.3. The van der Waals surface area contributed by atoms with Gasteiger partial charge in [0.25, 0.3) is 0 Å². The van der Waals surface area contributed by atoms with Crippen LogP contribution in [0.25, 0.3) is 0 Å². The number of carboxylic acids is 2. The molecule has 1 aromatic carbocycles. The lowest BCUT2D eigenvalue weighted by molar-refractivity contribution is -0.144. The van der Waals surface area contributed by atoms with Gasteiger partial charge in [0.05, 0.1) is 12.5 Å². The first-order chi connectivity index (χ1) is 17.5. The third kappa shape index (κ3) is 11.4. The number of hydrogen-bond donors (Lipinski definition) is 7. The highest BCUT2D eigenvalue weighted by molar-refractivity contribution is 5.95. The van der Waals surface area contributed by atoms with Crippen LogP contribution in [-0.2, 0) is 30.4 Å². The van der Waals surface area contributed by atoms with E-state index in [2.05, 4.69) is 16.0 Å². The molecule has 0 heterocycles. The molecule has 0 saturated heterocycles. The highest BCUT2D eigenvalue weighted by Gasteiger charge is 2.32. The fourth-order valence-corrected chi connectivity index (χ4v) is 3.57. The van der Waals surface area contributed by atoms with Crippen LogP contribution in [0.2, 0.25) is 0 Å². The Bertz CT molecular complexity index is 912. The van der Waals surface area contributed by atoms with E-state index in [-0.39, 0.29) is 12.3 Å². The fraction of sp³-hybridized carbons (Fsp3) is 0.560. The van der Waals surface area contributed by atoms with Gasteiger partial charge in [0, 0.05) is 6.42 Å². The molecule has 37 heavy (non-hydrogen) atoms. The second-order valence-electron chi connectivity index (χ2n) is 9.01. The largest absolute Gasteiger partial charge is 0.481 e. The summed E-state index contributed by atoms with van der Waals surface area (Å²) in [6, 6.07) is 3.83. The van der Waals surface area contributed by atoms with Crippen molar-refractivity contribution >= 4 is 29.7 Å². The summed E-state index contributed by atoms with van der Waals surface area (Å²) in [5.41, 5.74) is 12.0. The Labute approximate surface area is 216 Å². The minimum atomic E-state index is -1.50. The van der Waals surface area contributed by atoms with Crippen molar-refractivity contribution in [2.75, 3.05) is 6.54 Å². The van der Waals surface area contributed by atoms with Gasteiger partial charge in [-0.1, -0.05) is 57.0 Å². The minimum Gasteiger partial charge on any atom is -0.481 e. The SMILES string of the molecule is CCC(C)C(NC(=O)C(Cc1ccccc1)NC(=O)C(CC(=O)O)NC(=O)C(N)CCCCN)C(=O)O. The van der Waals surface area contributed by atoms with Crippen molar-refractivity contribution in [3.63, 3.8) is 0 Å². The number of unbranched alkanes of at least 4 members (excludes halogenated alkanes) is 1. The molecule has 12 nitrogen and oxygen atoms in total. The lowest BCUT2D eigenvalue weighted by Crippen LogP contribution is -2.58. The maximum absolute atomic E-state index is 13.1. The summed E-state index contributed by atoms with van der Waals surface area (Å²) in [4.78, 5) is 61.8. The van der Waals surface area contributed by atoms with Crippen LogP contribution in [-0.4, -0.2) is 70.6 Å². The zero-order valence-corrected chi connectivity index (χ0v) is 21.3. The Morgan fingerprint density at radius 2 is 1.49 bits per heavy atom. The molecule has 9 N–H and O–H groups in total. The molecule has 206 valence electrons. The molecule has 0 aliphatic heterocycles. The van der Waals surface area contributed by atoms with E-state index in [0.717, 1.165) is 0 Å². The van der Waals surface area contributed by atoms with Gasteiger partial charge in [0.2, 0.25) is 17.7 Å². The van der Waals surface area contributed by atoms with Gasteiger partial charge in [-0.05, 0) is 30.9 Å². The predicted octanol–water partition coefficient (Wildman–Crippen LogP) is -0.255. The third-order valence-corrected chi connectivity index (χ3v) is 6.01. The third-order valence-electron chi connectivity index (χ3n) is 6.01. The number of nitrogens with one attached hydrogen (secondary N) is 3. The Kier molecular flexibility index (Phi) is 13.9. The number of carbonyl (C=O) groups excluding carboxylic acids is 3. The molecule has 0 fully saturated rings. The molecular weight excluding hydrogens is 482 g/mol. The molecule has 0 aliphatic rings. The summed E-state index contributed by atoms with van der Waals surface area (Å²) in [5.74, 6) is -5.30. The van der Waals surface area contributed by atoms with Crippen molar-refractivity contribution in [3.8, 4) is 0 Å². The van der Waals surface area contributed by atoms with Gasteiger partial charge in [0.1, 0.15) is 18.1 Å². The Hall–Kier alpha value is -3.51. The van der Waals surface area contributed by atoms with Crippen molar-refractivity contribution in [1.82, 2.24) is 16.0 Å². The number of hydrogen-bond acceptors (Lipinski definition) is 7. The Morgan fingerprint density at radius 1 is 0.892 bits per heavy atom. The monoisotopic (exact) mass is 521 g/mol. The van der Waals surface area contributed by atoms with E-state index in [0.29, 0.717) is 37.8 Å². The van der Waals surface area contributed by atoms with Crippen LogP contribution in [0, 0.1) is 5.92 Å². The molecular formula is C25H39N5O7. The number of amides is 3. The topological polar surface area (TPSA) is 214 Å². The fourth-order valence-electron chi connectivity index (χ4n) is 3.57. The molecule has 5 atom stereocenters. The predicted molar refractivity (Wildman–Crippen MR) is 136 cm³/mol.